The number of hydrogen-bond acceptors (Lipinski definition) is 2. The first kappa shape index (κ1) is 11.5. The minimum absolute atomic E-state index is 0.0207. The molecule has 0 atom stereocenters. The second-order valence-electron chi connectivity index (χ2n) is 2.84. The molecule has 0 amide bonds. The van der Waals surface area contributed by atoms with Crippen LogP contribution in [0.2, 0.25) is 0 Å². The molecule has 0 aromatic heterocycles. The second kappa shape index (κ2) is 3.90. The van der Waals surface area contributed by atoms with Crippen LogP contribution in [-0.2, 0) is 12.8 Å². The van der Waals surface area contributed by atoms with Crippen LogP contribution in [0.3, 0.4) is 0 Å². The summed E-state index contributed by atoms with van der Waals surface area (Å²) in [6.07, 6.45) is -4.74. The van der Waals surface area contributed by atoms with Gasteiger partial charge in [0.1, 0.15) is 0 Å². The number of halogens is 3. The van der Waals surface area contributed by atoms with Crippen molar-refractivity contribution >= 4 is 5.97 Å². The summed E-state index contributed by atoms with van der Waals surface area (Å²) < 4.78 is 37.1. The zero-order chi connectivity index (χ0) is 11.6. The molecule has 82 valence electrons. The first-order valence-electron chi connectivity index (χ1n) is 3.90. The number of aliphatic hydroxyl groups excluding tert-OH is 1. The van der Waals surface area contributed by atoms with Crippen LogP contribution >= 0.6 is 0 Å². The van der Waals surface area contributed by atoms with Gasteiger partial charge in [-0.1, -0.05) is 6.07 Å². The molecule has 3 nitrogen and oxygen atoms in total. The maximum atomic E-state index is 12.4. The van der Waals surface area contributed by atoms with E-state index in [9.17, 15) is 18.0 Å². The van der Waals surface area contributed by atoms with Crippen molar-refractivity contribution in [3.05, 3.63) is 34.9 Å². The van der Waals surface area contributed by atoms with E-state index in [2.05, 4.69) is 0 Å². The highest BCUT2D eigenvalue weighted by molar-refractivity contribution is 5.89. The van der Waals surface area contributed by atoms with Gasteiger partial charge in [0.25, 0.3) is 0 Å². The molecule has 0 radical (unpaired) electrons. The molecule has 15 heavy (non-hydrogen) atoms. The van der Waals surface area contributed by atoms with Crippen LogP contribution in [0.5, 0.6) is 0 Å². The summed E-state index contributed by atoms with van der Waals surface area (Å²) in [5, 5.41) is 17.2. The monoisotopic (exact) mass is 220 g/mol. The van der Waals surface area contributed by atoms with Crippen LogP contribution in [0.25, 0.3) is 0 Å². The molecular weight excluding hydrogens is 213 g/mol. The molecule has 0 aliphatic heterocycles. The maximum Gasteiger partial charge on any atom is 0.417 e. The Morgan fingerprint density at radius 1 is 1.33 bits per heavy atom. The summed E-state index contributed by atoms with van der Waals surface area (Å²) >= 11 is 0. The number of carbonyl (C=O) groups is 1. The van der Waals surface area contributed by atoms with E-state index in [4.69, 9.17) is 10.2 Å². The molecule has 1 aromatic rings. The van der Waals surface area contributed by atoms with Gasteiger partial charge in [0.15, 0.2) is 0 Å². The van der Waals surface area contributed by atoms with Crippen molar-refractivity contribution in [2.75, 3.05) is 0 Å². The zero-order valence-corrected chi connectivity index (χ0v) is 7.38. The quantitative estimate of drug-likeness (QED) is 0.800. The van der Waals surface area contributed by atoms with E-state index in [-0.39, 0.29) is 5.56 Å². The molecular formula is C9H7F3O3. The van der Waals surface area contributed by atoms with Gasteiger partial charge in [0.05, 0.1) is 17.7 Å². The number of aliphatic hydroxyl groups is 1. The van der Waals surface area contributed by atoms with Gasteiger partial charge in [-0.05, 0) is 17.7 Å². The molecule has 0 spiro atoms. The lowest BCUT2D eigenvalue weighted by atomic mass is 10.0. The fraction of sp³-hybridized carbons (Fsp3) is 0.222. The summed E-state index contributed by atoms with van der Waals surface area (Å²) in [5.41, 5.74) is -2.05. The van der Waals surface area contributed by atoms with Gasteiger partial charge in [0, 0.05) is 0 Å². The van der Waals surface area contributed by atoms with Gasteiger partial charge < -0.3 is 10.2 Å². The van der Waals surface area contributed by atoms with Crippen molar-refractivity contribution in [3.63, 3.8) is 0 Å². The third kappa shape index (κ3) is 2.47. The molecule has 6 heteroatoms. The highest BCUT2D eigenvalue weighted by atomic mass is 19.4. The molecule has 2 N–H and O–H groups in total. The Morgan fingerprint density at radius 2 is 1.93 bits per heavy atom. The summed E-state index contributed by atoms with van der Waals surface area (Å²) in [5.74, 6) is -1.65. The first-order valence-corrected chi connectivity index (χ1v) is 3.90. The number of rotatable bonds is 2. The average molecular weight is 220 g/mol. The van der Waals surface area contributed by atoms with Crippen LogP contribution in [0.4, 0.5) is 13.2 Å². The third-order valence-electron chi connectivity index (χ3n) is 1.80. The van der Waals surface area contributed by atoms with E-state index >= 15 is 0 Å². The number of alkyl halides is 3. The Morgan fingerprint density at radius 3 is 2.33 bits per heavy atom. The van der Waals surface area contributed by atoms with Crippen molar-refractivity contribution in [1.82, 2.24) is 0 Å². The van der Waals surface area contributed by atoms with E-state index in [1.165, 1.54) is 0 Å². The summed E-state index contributed by atoms with van der Waals surface area (Å²) in [6.45, 7) is -0.566. The van der Waals surface area contributed by atoms with Crippen molar-refractivity contribution in [2.45, 2.75) is 12.8 Å². The number of aromatic carboxylic acids is 1. The van der Waals surface area contributed by atoms with Crippen LogP contribution in [-0.4, -0.2) is 16.2 Å². The van der Waals surface area contributed by atoms with E-state index in [0.29, 0.717) is 6.07 Å². The molecule has 0 aliphatic carbocycles. The van der Waals surface area contributed by atoms with Crippen LogP contribution < -0.4 is 0 Å². The lowest BCUT2D eigenvalue weighted by Crippen LogP contribution is -2.13. The Labute approximate surface area is 82.8 Å². The molecule has 0 fully saturated rings. The minimum Gasteiger partial charge on any atom is -0.478 e. The van der Waals surface area contributed by atoms with Crippen LogP contribution in [0, 0.1) is 0 Å². The molecule has 0 unspecified atom stereocenters. The largest absolute Gasteiger partial charge is 0.478 e. The standard InChI is InChI=1S/C9H7F3O3/c10-9(11,12)7-3-5(4-13)1-2-6(7)8(14)15/h1-3,13H,4H2,(H,14,15). The Balaban J connectivity index is 3.36. The molecule has 0 saturated heterocycles. The van der Waals surface area contributed by atoms with E-state index in [0.717, 1.165) is 12.1 Å². The summed E-state index contributed by atoms with van der Waals surface area (Å²) in [4.78, 5) is 10.5. The predicted octanol–water partition coefficient (Wildman–Crippen LogP) is 1.90. The van der Waals surface area contributed by atoms with Gasteiger partial charge in [-0.25, -0.2) is 4.79 Å². The Hall–Kier alpha value is -1.56. The lowest BCUT2D eigenvalue weighted by Gasteiger charge is -2.11. The molecule has 1 aromatic carbocycles. The third-order valence-corrected chi connectivity index (χ3v) is 1.80. The number of carboxylic acids is 1. The Kier molecular flexibility index (Phi) is 2.99. The first-order chi connectivity index (χ1) is 6.86. The highest BCUT2D eigenvalue weighted by Gasteiger charge is 2.35. The van der Waals surface area contributed by atoms with Gasteiger partial charge >= 0.3 is 12.1 Å². The summed E-state index contributed by atoms with van der Waals surface area (Å²) in [6, 6.07) is 2.60. The van der Waals surface area contributed by atoms with Crippen molar-refractivity contribution in [2.24, 2.45) is 0 Å². The number of hydrogen-bond donors (Lipinski definition) is 2. The predicted molar refractivity (Wildman–Crippen MR) is 44.3 cm³/mol. The van der Waals surface area contributed by atoms with E-state index < -0.39 is 29.9 Å². The van der Waals surface area contributed by atoms with Gasteiger partial charge in [-0.15, -0.1) is 0 Å². The highest BCUT2D eigenvalue weighted by Crippen LogP contribution is 2.32. The second-order valence-corrected chi connectivity index (χ2v) is 2.84. The molecule has 0 aliphatic rings. The fourth-order valence-electron chi connectivity index (χ4n) is 1.11. The molecule has 1 rings (SSSR count). The minimum atomic E-state index is -4.74. The van der Waals surface area contributed by atoms with Gasteiger partial charge in [0.2, 0.25) is 0 Å². The van der Waals surface area contributed by atoms with Crippen molar-refractivity contribution < 1.29 is 28.2 Å². The van der Waals surface area contributed by atoms with E-state index in [1.54, 1.807) is 0 Å². The fourth-order valence-corrected chi connectivity index (χ4v) is 1.11. The Bertz CT molecular complexity index is 385. The molecule has 0 bridgehead atoms. The van der Waals surface area contributed by atoms with E-state index in [1.807, 2.05) is 0 Å². The van der Waals surface area contributed by atoms with Crippen molar-refractivity contribution in [1.29, 1.82) is 0 Å². The number of carboxylic acid groups (broad SMARTS) is 1. The smallest absolute Gasteiger partial charge is 0.417 e. The maximum absolute atomic E-state index is 12.4. The molecule has 0 saturated carbocycles. The van der Waals surface area contributed by atoms with Crippen LogP contribution in [0.15, 0.2) is 18.2 Å². The normalized spacial score (nSPS) is 11.5. The van der Waals surface area contributed by atoms with Gasteiger partial charge in [-0.3, -0.25) is 0 Å². The number of benzene rings is 1. The SMILES string of the molecule is O=C(O)c1ccc(CO)cc1C(F)(F)F. The topological polar surface area (TPSA) is 57.5 Å². The lowest BCUT2D eigenvalue weighted by molar-refractivity contribution is -0.138. The van der Waals surface area contributed by atoms with Crippen molar-refractivity contribution in [3.8, 4) is 0 Å². The van der Waals surface area contributed by atoms with Gasteiger partial charge in [-0.2, -0.15) is 13.2 Å². The zero-order valence-electron chi connectivity index (χ0n) is 7.38. The average Bonchev–Trinajstić information content (AvgIpc) is 2.15. The molecule has 0 heterocycles. The summed E-state index contributed by atoms with van der Waals surface area (Å²) in [7, 11) is 0. The van der Waals surface area contributed by atoms with Crippen LogP contribution in [0.1, 0.15) is 21.5 Å².